The summed E-state index contributed by atoms with van der Waals surface area (Å²) in [7, 11) is 3.64. The van der Waals surface area contributed by atoms with Crippen LogP contribution < -0.4 is 20.3 Å². The summed E-state index contributed by atoms with van der Waals surface area (Å²) >= 11 is 0. The van der Waals surface area contributed by atoms with Gasteiger partial charge in [-0.25, -0.2) is 4.79 Å². The van der Waals surface area contributed by atoms with E-state index in [9.17, 15) is 4.79 Å². The van der Waals surface area contributed by atoms with Crippen molar-refractivity contribution in [3.63, 3.8) is 0 Å². The Balaban J connectivity index is 1.66. The predicted molar refractivity (Wildman–Crippen MR) is 92.9 cm³/mol. The summed E-state index contributed by atoms with van der Waals surface area (Å²) < 4.78 is 5.10. The Kier molecular flexibility index (Phi) is 6.29. The van der Waals surface area contributed by atoms with Crippen LogP contribution in [-0.4, -0.2) is 33.3 Å². The molecule has 0 radical (unpaired) electrons. The average Bonchev–Trinajstić information content (AvgIpc) is 2.61. The highest BCUT2D eigenvalue weighted by molar-refractivity contribution is 5.73. The number of amides is 2. The van der Waals surface area contributed by atoms with Crippen molar-refractivity contribution in [2.45, 2.75) is 6.54 Å². The molecular formula is C18H23N3O2. The van der Waals surface area contributed by atoms with Crippen LogP contribution >= 0.6 is 0 Å². The number of methoxy groups -OCH3 is 1. The molecule has 2 rings (SSSR count). The first-order chi connectivity index (χ1) is 11.2. The number of benzene rings is 2. The average molecular weight is 313 g/mol. The van der Waals surface area contributed by atoms with Gasteiger partial charge in [0.15, 0.2) is 0 Å². The van der Waals surface area contributed by atoms with Crippen LogP contribution in [0, 0.1) is 0 Å². The van der Waals surface area contributed by atoms with Crippen molar-refractivity contribution in [2.75, 3.05) is 32.1 Å². The first kappa shape index (κ1) is 16.7. The maximum absolute atomic E-state index is 11.8. The fourth-order valence-corrected chi connectivity index (χ4v) is 2.14. The first-order valence-electron chi connectivity index (χ1n) is 7.60. The largest absolute Gasteiger partial charge is 0.497 e. The number of hydrogen-bond acceptors (Lipinski definition) is 3. The van der Waals surface area contributed by atoms with Crippen LogP contribution in [0.25, 0.3) is 0 Å². The quantitative estimate of drug-likeness (QED) is 0.826. The first-order valence-corrected chi connectivity index (χ1v) is 7.60. The van der Waals surface area contributed by atoms with Gasteiger partial charge in [0.1, 0.15) is 5.75 Å². The molecular weight excluding hydrogens is 290 g/mol. The van der Waals surface area contributed by atoms with Crippen LogP contribution in [0.3, 0.4) is 0 Å². The highest BCUT2D eigenvalue weighted by Crippen LogP contribution is 2.11. The van der Waals surface area contributed by atoms with Crippen LogP contribution in [0.1, 0.15) is 5.56 Å². The molecule has 0 aliphatic carbocycles. The molecule has 0 bridgehead atoms. The van der Waals surface area contributed by atoms with E-state index in [-0.39, 0.29) is 6.03 Å². The summed E-state index contributed by atoms with van der Waals surface area (Å²) in [5.74, 6) is 0.808. The Labute approximate surface area is 137 Å². The monoisotopic (exact) mass is 313 g/mol. The van der Waals surface area contributed by atoms with Gasteiger partial charge in [0, 0.05) is 32.4 Å². The Bertz CT molecular complexity index is 599. The predicted octanol–water partition coefficient (Wildman–Crippen LogP) is 2.63. The molecule has 0 heterocycles. The molecule has 0 saturated heterocycles. The van der Waals surface area contributed by atoms with Crippen molar-refractivity contribution < 1.29 is 9.53 Å². The minimum atomic E-state index is -0.165. The summed E-state index contributed by atoms with van der Waals surface area (Å²) in [5, 5.41) is 5.70. The number of rotatable bonds is 7. The fraction of sp³-hybridized carbons (Fsp3) is 0.278. The minimum Gasteiger partial charge on any atom is -0.497 e. The number of nitrogens with one attached hydrogen (secondary N) is 2. The van der Waals surface area contributed by atoms with Crippen LogP contribution in [0.4, 0.5) is 10.5 Å². The van der Waals surface area contributed by atoms with E-state index in [1.54, 1.807) is 7.11 Å². The Morgan fingerprint density at radius 3 is 2.39 bits per heavy atom. The standard InChI is InChI=1S/C18H23N3O2/c1-21(16-6-4-3-5-7-16)13-12-19-18(22)20-14-15-8-10-17(23-2)11-9-15/h3-11H,12-14H2,1-2H3,(H2,19,20,22). The van der Waals surface area contributed by atoms with E-state index in [0.717, 1.165) is 23.5 Å². The van der Waals surface area contributed by atoms with Gasteiger partial charge in [-0.1, -0.05) is 30.3 Å². The van der Waals surface area contributed by atoms with E-state index in [1.165, 1.54) is 0 Å². The number of nitrogens with zero attached hydrogens (tertiary/aromatic N) is 1. The van der Waals surface area contributed by atoms with Gasteiger partial charge in [0.2, 0.25) is 0 Å². The van der Waals surface area contributed by atoms with Crippen molar-refractivity contribution in [2.24, 2.45) is 0 Å². The minimum absolute atomic E-state index is 0.165. The maximum atomic E-state index is 11.8. The van der Waals surface area contributed by atoms with Crippen LogP contribution in [0.2, 0.25) is 0 Å². The highest BCUT2D eigenvalue weighted by atomic mass is 16.5. The normalized spacial score (nSPS) is 10.0. The Hall–Kier alpha value is -2.69. The van der Waals surface area contributed by atoms with Gasteiger partial charge in [-0.3, -0.25) is 0 Å². The Morgan fingerprint density at radius 1 is 1.04 bits per heavy atom. The van der Waals surface area contributed by atoms with Gasteiger partial charge in [0.05, 0.1) is 7.11 Å². The summed E-state index contributed by atoms with van der Waals surface area (Å²) in [5.41, 5.74) is 2.16. The van der Waals surface area contributed by atoms with E-state index in [2.05, 4.69) is 15.5 Å². The van der Waals surface area contributed by atoms with Crippen molar-refractivity contribution >= 4 is 11.7 Å². The van der Waals surface area contributed by atoms with Gasteiger partial charge in [0.25, 0.3) is 0 Å². The zero-order valence-corrected chi connectivity index (χ0v) is 13.6. The van der Waals surface area contributed by atoms with E-state index in [0.29, 0.717) is 13.1 Å². The van der Waals surface area contributed by atoms with E-state index in [4.69, 9.17) is 4.74 Å². The van der Waals surface area contributed by atoms with E-state index >= 15 is 0 Å². The summed E-state index contributed by atoms with van der Waals surface area (Å²) in [6, 6.07) is 17.5. The molecule has 0 spiro atoms. The third-order valence-corrected chi connectivity index (χ3v) is 3.54. The summed E-state index contributed by atoms with van der Waals surface area (Å²) in [6.45, 7) is 1.82. The summed E-state index contributed by atoms with van der Waals surface area (Å²) in [6.07, 6.45) is 0. The van der Waals surface area contributed by atoms with Crippen molar-refractivity contribution in [1.29, 1.82) is 0 Å². The second-order valence-electron chi connectivity index (χ2n) is 5.21. The molecule has 0 aliphatic rings. The zero-order chi connectivity index (χ0) is 16.5. The molecule has 0 aromatic heterocycles. The molecule has 2 aromatic rings. The van der Waals surface area contributed by atoms with Gasteiger partial charge < -0.3 is 20.3 Å². The molecule has 2 amide bonds. The summed E-state index contributed by atoms with van der Waals surface area (Å²) in [4.78, 5) is 13.9. The number of hydrogen-bond donors (Lipinski definition) is 2. The lowest BCUT2D eigenvalue weighted by atomic mass is 10.2. The molecule has 5 nitrogen and oxygen atoms in total. The number of para-hydroxylation sites is 1. The third-order valence-electron chi connectivity index (χ3n) is 3.54. The second kappa shape index (κ2) is 8.68. The number of carbonyl (C=O) groups is 1. The molecule has 0 aliphatic heterocycles. The molecule has 0 unspecified atom stereocenters. The van der Waals surface area contributed by atoms with Crippen molar-refractivity contribution in [3.8, 4) is 5.75 Å². The van der Waals surface area contributed by atoms with E-state index < -0.39 is 0 Å². The lowest BCUT2D eigenvalue weighted by Gasteiger charge is -2.19. The number of likely N-dealkylation sites (N-methyl/N-ethyl adjacent to an activating group) is 1. The van der Waals surface area contributed by atoms with Crippen LogP contribution in [0.5, 0.6) is 5.75 Å². The number of urea groups is 1. The van der Waals surface area contributed by atoms with Crippen molar-refractivity contribution in [3.05, 3.63) is 60.2 Å². The van der Waals surface area contributed by atoms with Gasteiger partial charge in [-0.05, 0) is 29.8 Å². The molecule has 2 aromatic carbocycles. The lowest BCUT2D eigenvalue weighted by Crippen LogP contribution is -2.39. The molecule has 2 N–H and O–H groups in total. The van der Waals surface area contributed by atoms with Crippen molar-refractivity contribution in [1.82, 2.24) is 10.6 Å². The van der Waals surface area contributed by atoms with Crippen LogP contribution in [0.15, 0.2) is 54.6 Å². The van der Waals surface area contributed by atoms with Gasteiger partial charge >= 0.3 is 6.03 Å². The molecule has 0 saturated carbocycles. The van der Waals surface area contributed by atoms with Gasteiger partial charge in [-0.15, -0.1) is 0 Å². The molecule has 122 valence electrons. The molecule has 0 atom stereocenters. The highest BCUT2D eigenvalue weighted by Gasteiger charge is 2.03. The Morgan fingerprint density at radius 2 is 1.74 bits per heavy atom. The molecule has 0 fully saturated rings. The van der Waals surface area contributed by atoms with Crippen LogP contribution in [-0.2, 0) is 6.54 Å². The van der Waals surface area contributed by atoms with Gasteiger partial charge in [-0.2, -0.15) is 0 Å². The third kappa shape index (κ3) is 5.54. The maximum Gasteiger partial charge on any atom is 0.315 e. The topological polar surface area (TPSA) is 53.6 Å². The molecule has 23 heavy (non-hydrogen) atoms. The van der Waals surface area contributed by atoms with E-state index in [1.807, 2.05) is 61.6 Å². The fourth-order valence-electron chi connectivity index (χ4n) is 2.14. The smallest absolute Gasteiger partial charge is 0.315 e. The lowest BCUT2D eigenvalue weighted by molar-refractivity contribution is 0.241. The zero-order valence-electron chi connectivity index (χ0n) is 13.6. The SMILES string of the molecule is COc1ccc(CNC(=O)NCCN(C)c2ccccc2)cc1. The second-order valence-corrected chi connectivity index (χ2v) is 5.21. The number of anilines is 1. The number of carbonyl (C=O) groups excluding carboxylic acids is 1. The molecule has 5 heteroatoms. The number of ether oxygens (including phenoxy) is 1.